The molecule has 16 N–H and O–H groups in total. The van der Waals surface area contributed by atoms with Crippen molar-refractivity contribution >= 4 is 89.9 Å². The van der Waals surface area contributed by atoms with Crippen LogP contribution in [0.25, 0.3) is 0 Å². The first-order chi connectivity index (χ1) is 33.8. The minimum atomic E-state index is -1.76. The van der Waals surface area contributed by atoms with Crippen LogP contribution in [0.4, 0.5) is 4.79 Å². The number of aliphatic carboxylic acids is 6. The number of carbonyl (C=O) groups excluding carboxylic acids is 7. The number of nitrogens with one attached hydrogen (secondary N) is 8. The summed E-state index contributed by atoms with van der Waals surface area (Å²) in [6, 6.07) is -3.98. The van der Waals surface area contributed by atoms with Gasteiger partial charge in [0.1, 0.15) is 42.3 Å². The zero-order valence-corrected chi connectivity index (χ0v) is 41.3. The summed E-state index contributed by atoms with van der Waals surface area (Å²) in [5.74, 6) is -14.6. The Morgan fingerprint density at radius 1 is 0.548 bits per heavy atom. The molecule has 1 aromatic rings. The Bertz CT molecular complexity index is 2180. The molecule has 0 spiro atoms. The van der Waals surface area contributed by atoms with Crippen molar-refractivity contribution in [3.8, 4) is 0 Å². The molecule has 7 atom stereocenters. The molecule has 0 unspecified atom stereocenters. The third-order valence-corrected chi connectivity index (χ3v) is 10.8. The highest BCUT2D eigenvalue weighted by Gasteiger charge is 2.35. The number of hydrogen-bond donors (Lipinski definition) is 16. The van der Waals surface area contributed by atoms with E-state index in [1.54, 1.807) is 58.0 Å². The molecule has 0 aliphatic carbocycles. The van der Waals surface area contributed by atoms with Gasteiger partial charge in [-0.2, -0.15) is 12.6 Å². The van der Waals surface area contributed by atoms with Crippen molar-refractivity contribution in [2.45, 2.75) is 140 Å². The predicted molar refractivity (Wildman–Crippen MR) is 255 cm³/mol. The largest absolute Gasteiger partial charge is 0.481 e. The molecule has 0 heterocycles. The molecule has 1 aromatic carbocycles. The van der Waals surface area contributed by atoms with Crippen molar-refractivity contribution in [2.24, 2.45) is 11.1 Å². The first-order valence-electron chi connectivity index (χ1n) is 22.5. The van der Waals surface area contributed by atoms with Crippen LogP contribution in [-0.4, -0.2) is 168 Å². The maximum atomic E-state index is 13.7. The molecular formula is C44H65N9O19S. The fraction of sp³-hybridized carbons (Fsp3) is 0.568. The number of amides is 8. The topological polar surface area (TPSA) is 466 Å². The molecule has 0 aromatic heterocycles. The second kappa shape index (κ2) is 30.4. The van der Waals surface area contributed by atoms with E-state index < -0.39 is 182 Å². The zero-order valence-electron chi connectivity index (χ0n) is 40.4. The summed E-state index contributed by atoms with van der Waals surface area (Å²) in [5, 5.41) is 74.2. The van der Waals surface area contributed by atoms with E-state index in [-0.39, 0.29) is 25.0 Å². The molecule has 28 nitrogen and oxygen atoms in total. The Balaban J connectivity index is 2.95. The van der Waals surface area contributed by atoms with Gasteiger partial charge in [-0.25, -0.2) is 24.0 Å². The number of carbonyl (C=O) groups is 13. The first-order valence-corrected chi connectivity index (χ1v) is 23.1. The minimum absolute atomic E-state index is 0.101. The van der Waals surface area contributed by atoms with Crippen molar-refractivity contribution in [2.75, 3.05) is 12.3 Å². The van der Waals surface area contributed by atoms with E-state index >= 15 is 0 Å². The van der Waals surface area contributed by atoms with Crippen molar-refractivity contribution < 1.29 is 93.0 Å². The molecule has 0 radical (unpaired) electrons. The maximum Gasteiger partial charge on any atom is 0.327 e. The van der Waals surface area contributed by atoms with Gasteiger partial charge in [-0.3, -0.25) is 38.4 Å². The Kier molecular flexibility index (Phi) is 26.4. The van der Waals surface area contributed by atoms with E-state index in [1.165, 1.54) is 0 Å². The van der Waals surface area contributed by atoms with Gasteiger partial charge < -0.3 is 78.9 Å². The second-order valence-electron chi connectivity index (χ2n) is 18.2. The highest BCUT2D eigenvalue weighted by Crippen LogP contribution is 2.31. The fourth-order valence-electron chi connectivity index (χ4n) is 7.23. The fourth-order valence-corrected chi connectivity index (χ4v) is 7.48. The van der Waals surface area contributed by atoms with Crippen LogP contribution in [0.2, 0.25) is 0 Å². The number of carboxylic acid groups (broad SMARTS) is 6. The van der Waals surface area contributed by atoms with Crippen molar-refractivity contribution in [1.29, 1.82) is 0 Å². The van der Waals surface area contributed by atoms with Crippen LogP contribution in [0, 0.1) is 5.41 Å². The molecule has 0 bridgehead atoms. The summed E-state index contributed by atoms with van der Waals surface area (Å²) in [5.41, 5.74) is 4.46. The average Bonchev–Trinajstić information content (AvgIpc) is 3.26. The van der Waals surface area contributed by atoms with E-state index in [4.69, 9.17) is 15.9 Å². The summed E-state index contributed by atoms with van der Waals surface area (Å²) < 4.78 is 0. The normalized spacial score (nSPS) is 14.1. The van der Waals surface area contributed by atoms with Gasteiger partial charge in [-0.1, -0.05) is 44.2 Å². The van der Waals surface area contributed by atoms with E-state index in [0.29, 0.717) is 5.56 Å². The van der Waals surface area contributed by atoms with Crippen molar-refractivity contribution in [1.82, 2.24) is 42.5 Å². The first kappa shape index (κ1) is 63.5. The lowest BCUT2D eigenvalue weighted by Crippen LogP contribution is -2.57. The molecule has 8 amide bonds. The van der Waals surface area contributed by atoms with Gasteiger partial charge in [0, 0.05) is 49.9 Å². The molecular weight excluding hydrogens is 991 g/mol. The van der Waals surface area contributed by atoms with Crippen LogP contribution in [0.5, 0.6) is 0 Å². The summed E-state index contributed by atoms with van der Waals surface area (Å²) in [7, 11) is 0. The second-order valence-corrected chi connectivity index (χ2v) is 18.6. The SMILES string of the molecule is CC(C)(CC(=O)N[C@@H](Cc1ccccc1)C(=O)N[C@@H](CCC(=O)NC[C@H](N)C(=O)N[C@@H](CC(=O)O)C(=O)N[C@@H](CS)C(=O)O)C(=O)O)CC(C)(C)NC(=O)CC[C@H](NC(=O)N[C@@H](CCC(=O)O)C(=O)O)C(=O)O. The molecule has 0 aliphatic rings. The summed E-state index contributed by atoms with van der Waals surface area (Å²) in [6.45, 7) is 6.07. The molecule has 0 saturated heterocycles. The molecule has 0 fully saturated rings. The number of rotatable bonds is 34. The van der Waals surface area contributed by atoms with E-state index in [1.807, 2.05) is 10.6 Å². The predicted octanol–water partition coefficient (Wildman–Crippen LogP) is -2.48. The smallest absolute Gasteiger partial charge is 0.327 e. The van der Waals surface area contributed by atoms with Gasteiger partial charge in [-0.05, 0) is 50.5 Å². The van der Waals surface area contributed by atoms with E-state index in [2.05, 4.69) is 44.5 Å². The third-order valence-electron chi connectivity index (χ3n) is 10.4. The van der Waals surface area contributed by atoms with Crippen LogP contribution in [-0.2, 0) is 64.0 Å². The Morgan fingerprint density at radius 2 is 1.01 bits per heavy atom. The van der Waals surface area contributed by atoms with Crippen LogP contribution in [0.15, 0.2) is 30.3 Å². The minimum Gasteiger partial charge on any atom is -0.481 e. The van der Waals surface area contributed by atoms with Crippen LogP contribution in [0.1, 0.15) is 91.0 Å². The van der Waals surface area contributed by atoms with E-state index in [0.717, 1.165) is 0 Å². The molecule has 406 valence electrons. The molecule has 0 aliphatic heterocycles. The lowest BCUT2D eigenvalue weighted by Gasteiger charge is -2.36. The third kappa shape index (κ3) is 25.9. The average molecular weight is 1060 g/mol. The van der Waals surface area contributed by atoms with Crippen LogP contribution >= 0.6 is 12.6 Å². The summed E-state index contributed by atoms with van der Waals surface area (Å²) in [6.07, 6.45) is -4.10. The van der Waals surface area contributed by atoms with Crippen LogP contribution < -0.4 is 48.3 Å². The van der Waals surface area contributed by atoms with Crippen LogP contribution in [0.3, 0.4) is 0 Å². The van der Waals surface area contributed by atoms with Gasteiger partial charge >= 0.3 is 41.8 Å². The number of nitrogens with two attached hydrogens (primary N) is 1. The van der Waals surface area contributed by atoms with Gasteiger partial charge in [0.2, 0.25) is 35.4 Å². The quantitative estimate of drug-likeness (QED) is 0.0318. The lowest BCUT2D eigenvalue weighted by atomic mass is 9.77. The molecule has 29 heteroatoms. The Morgan fingerprint density at radius 3 is 1.51 bits per heavy atom. The monoisotopic (exact) mass is 1060 g/mol. The molecule has 0 saturated carbocycles. The van der Waals surface area contributed by atoms with Gasteiger partial charge in [0.25, 0.3) is 0 Å². The number of thiol groups is 1. The van der Waals surface area contributed by atoms with Gasteiger partial charge in [0.05, 0.1) is 6.42 Å². The lowest BCUT2D eigenvalue weighted by molar-refractivity contribution is -0.143. The van der Waals surface area contributed by atoms with Gasteiger partial charge in [0.15, 0.2) is 0 Å². The zero-order chi connectivity index (χ0) is 55.8. The number of urea groups is 1. The summed E-state index contributed by atoms with van der Waals surface area (Å²) >= 11 is 3.80. The maximum absolute atomic E-state index is 13.7. The number of benzene rings is 1. The van der Waals surface area contributed by atoms with Crippen molar-refractivity contribution in [3.05, 3.63) is 35.9 Å². The van der Waals surface area contributed by atoms with E-state index in [9.17, 15) is 82.8 Å². The standard InChI is InChI=1S/C44H65N9O19S/c1-43(2,21-44(3,4)53-31(55)14-11-25(39(66)67)51-42(72)52-26(40(68)69)12-15-33(57)58)18-32(56)47-27(16-22-8-6-5-7-9-22)36(62)48-24(38(64)65)10-13-30(54)46-19-23(45)35(61)49-28(17-34(59)60)37(63)50-29(20-73)41(70)71/h5-9,23-29,73H,10-21,45H2,1-4H3,(H,46,54)(H,47,56)(H,48,62)(H,49,61)(H,50,63)(H,53,55)(H,57,58)(H,59,60)(H,64,65)(H,66,67)(H,68,69)(H,70,71)(H2,51,52,72)/t23-,24-,25-,26-,27-,28-,29-/m0/s1. The highest BCUT2D eigenvalue weighted by molar-refractivity contribution is 7.80. The highest BCUT2D eigenvalue weighted by atomic mass is 32.1. The molecule has 1 rings (SSSR count). The Labute approximate surface area is 423 Å². The number of hydrogen-bond acceptors (Lipinski definition) is 15. The Hall–Kier alpha value is -7.56. The number of carboxylic acids is 6. The molecule has 73 heavy (non-hydrogen) atoms. The summed E-state index contributed by atoms with van der Waals surface area (Å²) in [4.78, 5) is 160. The van der Waals surface area contributed by atoms with Gasteiger partial charge in [-0.15, -0.1) is 0 Å². The van der Waals surface area contributed by atoms with Crippen molar-refractivity contribution in [3.63, 3.8) is 0 Å².